The summed E-state index contributed by atoms with van der Waals surface area (Å²) in [5.74, 6) is -0.572. The van der Waals surface area contributed by atoms with Gasteiger partial charge in [0.25, 0.3) is 5.91 Å². The number of fused-ring (bicyclic) bond motifs is 2. The monoisotopic (exact) mass is 485 g/mol. The van der Waals surface area contributed by atoms with Crippen molar-refractivity contribution < 1.29 is 14.3 Å². The van der Waals surface area contributed by atoms with Gasteiger partial charge < -0.3 is 9.30 Å². The number of hydrazine groups is 1. The van der Waals surface area contributed by atoms with Crippen LogP contribution in [0.25, 0.3) is 10.9 Å². The summed E-state index contributed by atoms with van der Waals surface area (Å²) in [5.41, 5.74) is 7.97. The lowest BCUT2D eigenvalue weighted by Gasteiger charge is -2.21. The number of hydrogen-bond acceptors (Lipinski definition) is 4. The van der Waals surface area contributed by atoms with E-state index >= 15 is 0 Å². The zero-order valence-corrected chi connectivity index (χ0v) is 19.8. The molecule has 0 spiro atoms. The molecule has 4 aromatic rings. The molecule has 1 aliphatic rings. The molecule has 0 saturated heterocycles. The summed E-state index contributed by atoms with van der Waals surface area (Å²) in [6.45, 7) is 4.98. The average molecular weight is 486 g/mol. The van der Waals surface area contributed by atoms with Gasteiger partial charge in [0.2, 0.25) is 0 Å². The van der Waals surface area contributed by atoms with Gasteiger partial charge in [0.05, 0.1) is 22.3 Å². The molecule has 0 unspecified atom stereocenters. The molecule has 1 aliphatic heterocycles. The van der Waals surface area contributed by atoms with Crippen LogP contribution in [0, 0.1) is 0 Å². The average Bonchev–Trinajstić information content (AvgIpc) is 3.47. The molecule has 0 radical (unpaired) electrons. The number of aromatic nitrogens is 1. The van der Waals surface area contributed by atoms with Crippen molar-refractivity contribution in [3.05, 3.63) is 113 Å². The second-order valence-corrected chi connectivity index (χ2v) is 8.82. The molecule has 0 aliphatic carbocycles. The van der Waals surface area contributed by atoms with Gasteiger partial charge in [-0.2, -0.15) is 0 Å². The standard InChI is InChI=1S/C28H24ClN3O3/c1-2-16-35-28(34)22-8-11-25-21(17-22)13-15-32(25)30-27(33)24-5-3-4-20-12-14-31(26(20)24)18-19-6-9-23(29)10-7-19/h2-12,14,17H,1,13,15-16,18H2,(H,30,33). The fourth-order valence-corrected chi connectivity index (χ4v) is 4.53. The minimum atomic E-state index is -0.386. The molecule has 0 fully saturated rings. The predicted molar refractivity (Wildman–Crippen MR) is 138 cm³/mol. The summed E-state index contributed by atoms with van der Waals surface area (Å²) < 4.78 is 7.21. The van der Waals surface area contributed by atoms with E-state index in [1.165, 1.54) is 6.08 Å². The molecule has 1 N–H and O–H groups in total. The lowest BCUT2D eigenvalue weighted by molar-refractivity contribution is 0.0549. The van der Waals surface area contributed by atoms with Crippen LogP contribution in [-0.4, -0.2) is 29.6 Å². The third-order valence-corrected chi connectivity index (χ3v) is 6.33. The molecular formula is C28H24ClN3O3. The number of amides is 1. The Morgan fingerprint density at radius 2 is 1.91 bits per heavy atom. The number of carbonyl (C=O) groups is 2. The molecule has 5 rings (SSSR count). The lowest BCUT2D eigenvalue weighted by Crippen LogP contribution is -2.41. The van der Waals surface area contributed by atoms with Crippen molar-refractivity contribution in [1.82, 2.24) is 9.99 Å². The zero-order valence-electron chi connectivity index (χ0n) is 19.0. The second kappa shape index (κ2) is 9.68. The van der Waals surface area contributed by atoms with Crippen LogP contribution in [0.2, 0.25) is 5.02 Å². The van der Waals surface area contributed by atoms with Crippen molar-refractivity contribution >= 4 is 40.1 Å². The summed E-state index contributed by atoms with van der Waals surface area (Å²) in [6.07, 6.45) is 4.25. The fraction of sp³-hybridized carbons (Fsp3) is 0.143. The molecule has 6 nitrogen and oxygen atoms in total. The Balaban J connectivity index is 1.37. The minimum Gasteiger partial charge on any atom is -0.458 e. The third-order valence-electron chi connectivity index (χ3n) is 6.08. The van der Waals surface area contributed by atoms with E-state index in [4.69, 9.17) is 16.3 Å². The summed E-state index contributed by atoms with van der Waals surface area (Å²) in [5, 5.41) is 3.52. The molecule has 0 saturated carbocycles. The van der Waals surface area contributed by atoms with Gasteiger partial charge in [-0.25, -0.2) is 4.79 Å². The molecule has 3 aromatic carbocycles. The van der Waals surface area contributed by atoms with Crippen LogP contribution in [-0.2, 0) is 17.7 Å². The molecule has 7 heteroatoms. The zero-order chi connectivity index (χ0) is 24.4. The van der Waals surface area contributed by atoms with Crippen molar-refractivity contribution in [2.24, 2.45) is 0 Å². The Hall–Kier alpha value is -4.03. The number of nitrogens with zero attached hydrogens (tertiary/aromatic N) is 2. The van der Waals surface area contributed by atoms with Crippen molar-refractivity contribution in [1.29, 1.82) is 0 Å². The highest BCUT2D eigenvalue weighted by Crippen LogP contribution is 2.29. The molecule has 35 heavy (non-hydrogen) atoms. The number of carbonyl (C=O) groups excluding carboxylic acids is 2. The van der Waals surface area contributed by atoms with E-state index in [0.29, 0.717) is 29.2 Å². The van der Waals surface area contributed by atoms with Crippen LogP contribution >= 0.6 is 11.6 Å². The van der Waals surface area contributed by atoms with E-state index in [-0.39, 0.29) is 18.5 Å². The van der Waals surface area contributed by atoms with Gasteiger partial charge >= 0.3 is 5.97 Å². The van der Waals surface area contributed by atoms with Gasteiger partial charge in [-0.1, -0.05) is 48.5 Å². The number of halogens is 1. The highest BCUT2D eigenvalue weighted by molar-refractivity contribution is 6.30. The van der Waals surface area contributed by atoms with E-state index < -0.39 is 0 Å². The van der Waals surface area contributed by atoms with E-state index in [1.54, 1.807) is 6.07 Å². The first-order valence-electron chi connectivity index (χ1n) is 11.4. The first kappa shape index (κ1) is 22.7. The lowest BCUT2D eigenvalue weighted by atomic mass is 10.1. The Morgan fingerprint density at radius 1 is 1.09 bits per heavy atom. The summed E-state index contributed by atoms with van der Waals surface area (Å²) >= 11 is 6.03. The van der Waals surface area contributed by atoms with Gasteiger partial charge in [-0.3, -0.25) is 15.2 Å². The van der Waals surface area contributed by atoms with Gasteiger partial charge in [-0.15, -0.1) is 0 Å². The number of hydrogen-bond donors (Lipinski definition) is 1. The number of benzene rings is 3. The Morgan fingerprint density at radius 3 is 2.71 bits per heavy atom. The van der Waals surface area contributed by atoms with Crippen LogP contribution in [0.15, 0.2) is 85.6 Å². The number of esters is 1. The Kier molecular flexibility index (Phi) is 6.29. The topological polar surface area (TPSA) is 63.6 Å². The quantitative estimate of drug-likeness (QED) is 0.281. The summed E-state index contributed by atoms with van der Waals surface area (Å²) in [4.78, 5) is 25.6. The summed E-state index contributed by atoms with van der Waals surface area (Å²) in [7, 11) is 0. The van der Waals surface area contributed by atoms with E-state index in [1.807, 2.05) is 71.9 Å². The van der Waals surface area contributed by atoms with Crippen LogP contribution in [0.5, 0.6) is 0 Å². The maximum atomic E-state index is 13.4. The number of anilines is 1. The number of rotatable bonds is 7. The summed E-state index contributed by atoms with van der Waals surface area (Å²) in [6, 6.07) is 20.8. The highest BCUT2D eigenvalue weighted by atomic mass is 35.5. The number of ether oxygens (including phenoxy) is 1. The number of para-hydroxylation sites is 1. The van der Waals surface area contributed by atoms with Crippen molar-refractivity contribution in [2.75, 3.05) is 18.2 Å². The molecule has 0 bridgehead atoms. The molecule has 1 amide bonds. The first-order valence-corrected chi connectivity index (χ1v) is 11.7. The maximum Gasteiger partial charge on any atom is 0.338 e. The Bertz CT molecular complexity index is 1430. The molecule has 1 aromatic heterocycles. The molecule has 176 valence electrons. The minimum absolute atomic E-state index is 0.170. The van der Waals surface area contributed by atoms with E-state index in [9.17, 15) is 9.59 Å². The van der Waals surface area contributed by atoms with Gasteiger partial charge in [0.15, 0.2) is 0 Å². The van der Waals surface area contributed by atoms with Crippen molar-refractivity contribution in [3.8, 4) is 0 Å². The van der Waals surface area contributed by atoms with Gasteiger partial charge in [-0.05, 0) is 60.0 Å². The smallest absolute Gasteiger partial charge is 0.338 e. The van der Waals surface area contributed by atoms with Crippen LogP contribution in [0.1, 0.15) is 31.8 Å². The Labute approximate surface area is 208 Å². The largest absolute Gasteiger partial charge is 0.458 e. The predicted octanol–water partition coefficient (Wildman–Crippen LogP) is 5.39. The first-order chi connectivity index (χ1) is 17.0. The SMILES string of the molecule is C=CCOC(=O)c1ccc2c(c1)CCN2NC(=O)c1cccc2ccn(Cc3ccc(Cl)cc3)c12. The molecular weight excluding hydrogens is 462 g/mol. The highest BCUT2D eigenvalue weighted by Gasteiger charge is 2.24. The van der Waals surface area contributed by atoms with Gasteiger partial charge in [0, 0.05) is 29.7 Å². The normalized spacial score (nSPS) is 12.4. The van der Waals surface area contributed by atoms with Crippen molar-refractivity contribution in [3.63, 3.8) is 0 Å². The number of nitrogens with one attached hydrogen (secondary N) is 1. The van der Waals surface area contributed by atoms with Crippen LogP contribution in [0.4, 0.5) is 5.69 Å². The van der Waals surface area contributed by atoms with E-state index in [2.05, 4.69) is 16.6 Å². The molecule has 0 atom stereocenters. The third kappa shape index (κ3) is 4.66. The van der Waals surface area contributed by atoms with Crippen LogP contribution in [0.3, 0.4) is 0 Å². The second-order valence-electron chi connectivity index (χ2n) is 8.39. The van der Waals surface area contributed by atoms with Gasteiger partial charge in [0.1, 0.15) is 6.61 Å². The van der Waals surface area contributed by atoms with Crippen LogP contribution < -0.4 is 10.4 Å². The van der Waals surface area contributed by atoms with E-state index in [0.717, 1.165) is 34.1 Å². The van der Waals surface area contributed by atoms with Crippen molar-refractivity contribution in [2.45, 2.75) is 13.0 Å². The molecule has 2 heterocycles. The fourth-order valence-electron chi connectivity index (χ4n) is 4.41. The maximum absolute atomic E-state index is 13.4.